The molecule has 0 radical (unpaired) electrons. The lowest BCUT2D eigenvalue weighted by molar-refractivity contribution is 0.138. The van der Waals surface area contributed by atoms with E-state index in [1.54, 1.807) is 0 Å². The summed E-state index contributed by atoms with van der Waals surface area (Å²) in [5.74, 6) is 2.66. The van der Waals surface area contributed by atoms with Crippen molar-refractivity contribution in [1.82, 2.24) is 4.90 Å². The van der Waals surface area contributed by atoms with E-state index in [0.29, 0.717) is 5.92 Å². The smallest absolute Gasteiger partial charge is 0.119 e. The molecule has 3 rings (SSSR count). The number of benzene rings is 1. The van der Waals surface area contributed by atoms with Crippen LogP contribution in [0.1, 0.15) is 25.7 Å². The van der Waals surface area contributed by atoms with E-state index in [4.69, 9.17) is 16.3 Å². The molecule has 1 aromatic rings. The molecule has 19 heavy (non-hydrogen) atoms. The molecular formula is C16H22ClNO. The van der Waals surface area contributed by atoms with Gasteiger partial charge in [-0.25, -0.2) is 0 Å². The summed E-state index contributed by atoms with van der Waals surface area (Å²) < 4.78 is 5.85. The van der Waals surface area contributed by atoms with Crippen molar-refractivity contribution in [3.05, 3.63) is 29.3 Å². The Kier molecular flexibility index (Phi) is 4.29. The number of piperidine rings is 1. The molecule has 0 spiro atoms. The molecule has 2 nitrogen and oxygen atoms in total. The van der Waals surface area contributed by atoms with E-state index < -0.39 is 0 Å². The maximum atomic E-state index is 5.86. The highest BCUT2D eigenvalue weighted by Crippen LogP contribution is 2.31. The fourth-order valence-corrected chi connectivity index (χ4v) is 2.87. The van der Waals surface area contributed by atoms with Crippen LogP contribution in [0.15, 0.2) is 24.3 Å². The summed E-state index contributed by atoms with van der Waals surface area (Å²) in [7, 11) is 0. The van der Waals surface area contributed by atoms with E-state index in [1.165, 1.54) is 45.3 Å². The van der Waals surface area contributed by atoms with Crippen LogP contribution >= 0.6 is 11.6 Å². The van der Waals surface area contributed by atoms with Gasteiger partial charge < -0.3 is 9.64 Å². The van der Waals surface area contributed by atoms with Crippen molar-refractivity contribution in [2.45, 2.75) is 25.7 Å². The van der Waals surface area contributed by atoms with Crippen molar-refractivity contribution in [1.29, 1.82) is 0 Å². The predicted molar refractivity (Wildman–Crippen MR) is 78.8 cm³/mol. The Morgan fingerprint density at radius 1 is 1.00 bits per heavy atom. The number of nitrogens with zero attached hydrogens (tertiary/aromatic N) is 1. The third-order valence-electron chi connectivity index (χ3n) is 4.22. The Morgan fingerprint density at radius 2 is 1.68 bits per heavy atom. The summed E-state index contributed by atoms with van der Waals surface area (Å²) in [6.45, 7) is 4.69. The third kappa shape index (κ3) is 4.12. The van der Waals surface area contributed by atoms with Crippen LogP contribution in [-0.4, -0.2) is 31.1 Å². The summed E-state index contributed by atoms with van der Waals surface area (Å²) in [6.07, 6.45) is 5.47. The Labute approximate surface area is 120 Å². The molecule has 0 N–H and O–H groups in total. The zero-order valence-corrected chi connectivity index (χ0v) is 12.1. The highest BCUT2D eigenvalue weighted by atomic mass is 35.5. The van der Waals surface area contributed by atoms with Crippen LogP contribution in [-0.2, 0) is 0 Å². The standard InChI is InChI=1S/C16H22ClNO/c17-15-3-5-16(6-4-15)19-12-14-7-9-18(10-8-14)11-13-1-2-13/h3-6,13-14H,1-2,7-12H2. The van der Waals surface area contributed by atoms with Gasteiger partial charge in [0.05, 0.1) is 6.61 Å². The van der Waals surface area contributed by atoms with E-state index in [2.05, 4.69) is 4.90 Å². The molecule has 1 aliphatic carbocycles. The van der Waals surface area contributed by atoms with Gasteiger partial charge in [-0.15, -0.1) is 0 Å². The van der Waals surface area contributed by atoms with Crippen molar-refractivity contribution in [3.8, 4) is 5.75 Å². The quantitative estimate of drug-likeness (QED) is 0.812. The highest BCUT2D eigenvalue weighted by molar-refractivity contribution is 6.30. The van der Waals surface area contributed by atoms with Crippen LogP contribution < -0.4 is 4.74 Å². The van der Waals surface area contributed by atoms with Crippen molar-refractivity contribution >= 4 is 11.6 Å². The number of likely N-dealkylation sites (tertiary alicyclic amines) is 1. The fourth-order valence-electron chi connectivity index (χ4n) is 2.75. The van der Waals surface area contributed by atoms with Crippen LogP contribution in [0.5, 0.6) is 5.75 Å². The number of ether oxygens (including phenoxy) is 1. The molecule has 1 saturated carbocycles. The summed E-state index contributed by atoms with van der Waals surface area (Å²) >= 11 is 5.86. The molecular weight excluding hydrogens is 258 g/mol. The van der Waals surface area contributed by atoms with Crippen LogP contribution in [0, 0.1) is 11.8 Å². The Hall–Kier alpha value is -0.730. The minimum atomic E-state index is 0.714. The van der Waals surface area contributed by atoms with Gasteiger partial charge in [-0.05, 0) is 74.9 Å². The largest absolute Gasteiger partial charge is 0.493 e. The van der Waals surface area contributed by atoms with Gasteiger partial charge in [-0.2, -0.15) is 0 Å². The van der Waals surface area contributed by atoms with Gasteiger partial charge in [0.1, 0.15) is 5.75 Å². The molecule has 0 bridgehead atoms. The summed E-state index contributed by atoms with van der Waals surface area (Å²) in [5.41, 5.74) is 0. The van der Waals surface area contributed by atoms with Gasteiger partial charge in [-0.3, -0.25) is 0 Å². The third-order valence-corrected chi connectivity index (χ3v) is 4.47. The predicted octanol–water partition coefficient (Wildman–Crippen LogP) is 3.84. The zero-order chi connectivity index (χ0) is 13.1. The Morgan fingerprint density at radius 3 is 2.32 bits per heavy atom. The monoisotopic (exact) mass is 279 g/mol. The van der Waals surface area contributed by atoms with Crippen LogP contribution in [0.3, 0.4) is 0 Å². The molecule has 1 aliphatic heterocycles. The first-order valence-electron chi connectivity index (χ1n) is 7.40. The van der Waals surface area contributed by atoms with Crippen LogP contribution in [0.4, 0.5) is 0 Å². The van der Waals surface area contributed by atoms with E-state index in [9.17, 15) is 0 Å². The fraction of sp³-hybridized carbons (Fsp3) is 0.625. The Balaban J connectivity index is 1.38. The molecule has 0 unspecified atom stereocenters. The number of hydrogen-bond acceptors (Lipinski definition) is 2. The SMILES string of the molecule is Clc1ccc(OCC2CCN(CC3CC3)CC2)cc1. The van der Waals surface area contributed by atoms with Crippen molar-refractivity contribution < 1.29 is 4.74 Å². The average Bonchev–Trinajstić information content (AvgIpc) is 3.24. The average molecular weight is 280 g/mol. The Bertz CT molecular complexity index is 394. The minimum absolute atomic E-state index is 0.714. The van der Waals surface area contributed by atoms with Gasteiger partial charge in [-0.1, -0.05) is 11.6 Å². The molecule has 2 fully saturated rings. The maximum Gasteiger partial charge on any atom is 0.119 e. The van der Waals surface area contributed by atoms with Crippen molar-refractivity contribution in [2.24, 2.45) is 11.8 Å². The first-order chi connectivity index (χ1) is 9.29. The van der Waals surface area contributed by atoms with Gasteiger partial charge in [0.15, 0.2) is 0 Å². The van der Waals surface area contributed by atoms with Gasteiger partial charge in [0, 0.05) is 11.6 Å². The number of hydrogen-bond donors (Lipinski definition) is 0. The van der Waals surface area contributed by atoms with Crippen LogP contribution in [0.25, 0.3) is 0 Å². The molecule has 0 aromatic heterocycles. The number of halogens is 1. The van der Waals surface area contributed by atoms with E-state index in [1.807, 2.05) is 24.3 Å². The maximum absolute atomic E-state index is 5.86. The molecule has 104 valence electrons. The molecule has 0 atom stereocenters. The molecule has 3 heteroatoms. The molecule has 0 amide bonds. The second-order valence-corrected chi connectivity index (χ2v) is 6.39. The van der Waals surface area contributed by atoms with Gasteiger partial charge in [0.25, 0.3) is 0 Å². The summed E-state index contributed by atoms with van der Waals surface area (Å²) in [6, 6.07) is 7.67. The van der Waals surface area contributed by atoms with Crippen LogP contribution in [0.2, 0.25) is 5.02 Å². The van der Waals surface area contributed by atoms with Gasteiger partial charge >= 0.3 is 0 Å². The lowest BCUT2D eigenvalue weighted by atomic mass is 9.97. The summed E-state index contributed by atoms with van der Waals surface area (Å²) in [4.78, 5) is 2.64. The topological polar surface area (TPSA) is 12.5 Å². The van der Waals surface area contributed by atoms with E-state index in [0.717, 1.165) is 23.3 Å². The first kappa shape index (κ1) is 13.3. The second-order valence-electron chi connectivity index (χ2n) is 5.95. The zero-order valence-electron chi connectivity index (χ0n) is 11.4. The van der Waals surface area contributed by atoms with E-state index in [-0.39, 0.29) is 0 Å². The summed E-state index contributed by atoms with van der Waals surface area (Å²) in [5, 5.41) is 0.765. The minimum Gasteiger partial charge on any atom is -0.493 e. The van der Waals surface area contributed by atoms with Gasteiger partial charge in [0.2, 0.25) is 0 Å². The molecule has 1 heterocycles. The number of rotatable bonds is 5. The van der Waals surface area contributed by atoms with Crippen molar-refractivity contribution in [2.75, 3.05) is 26.2 Å². The molecule has 1 saturated heterocycles. The van der Waals surface area contributed by atoms with Crippen molar-refractivity contribution in [3.63, 3.8) is 0 Å². The first-order valence-corrected chi connectivity index (χ1v) is 7.78. The second kappa shape index (κ2) is 6.15. The highest BCUT2D eigenvalue weighted by Gasteiger charge is 2.27. The lowest BCUT2D eigenvalue weighted by Gasteiger charge is -2.31. The molecule has 2 aliphatic rings. The van der Waals surface area contributed by atoms with E-state index >= 15 is 0 Å². The lowest BCUT2D eigenvalue weighted by Crippen LogP contribution is -2.36. The normalized spacial score (nSPS) is 21.5. The molecule has 1 aromatic carbocycles.